The molecule has 1 aromatic carbocycles. The second kappa shape index (κ2) is 5.58. The number of hydrogen-bond acceptors (Lipinski definition) is 2. The van der Waals surface area contributed by atoms with E-state index in [1.807, 2.05) is 5.32 Å². The number of carbonyl (C=O) groups excluding carboxylic acids is 1. The Morgan fingerprint density at radius 1 is 1.24 bits per heavy atom. The Morgan fingerprint density at radius 2 is 1.81 bits per heavy atom. The van der Waals surface area contributed by atoms with Crippen LogP contribution in [-0.4, -0.2) is 28.8 Å². The van der Waals surface area contributed by atoms with Gasteiger partial charge < -0.3 is 15.7 Å². The van der Waals surface area contributed by atoms with Gasteiger partial charge in [-0.2, -0.15) is 13.2 Å². The van der Waals surface area contributed by atoms with Crippen LogP contribution >= 0.6 is 0 Å². The summed E-state index contributed by atoms with van der Waals surface area (Å²) in [6.45, 7) is 1.81. The number of alkyl halides is 3. The van der Waals surface area contributed by atoms with Crippen LogP contribution < -0.4 is 10.6 Å². The summed E-state index contributed by atoms with van der Waals surface area (Å²) in [5.74, 6) is -2.96. The largest absolute Gasteiger partial charge is 0.479 e. The van der Waals surface area contributed by atoms with Crippen molar-refractivity contribution in [3.8, 4) is 0 Å². The minimum Gasteiger partial charge on any atom is -0.479 e. The first kappa shape index (κ1) is 16.7. The smallest absolute Gasteiger partial charge is 0.422 e. The number of carboxylic acid groups (broad SMARTS) is 1. The second-order valence-electron chi connectivity index (χ2n) is 4.47. The molecule has 0 heterocycles. The summed E-state index contributed by atoms with van der Waals surface area (Å²) in [5.41, 5.74) is -3.13. The SMILES string of the molecule is Cc1ccc(F)cc1NC(=O)NC(C)(C(=O)O)C(F)(F)F. The van der Waals surface area contributed by atoms with Crippen molar-refractivity contribution in [1.82, 2.24) is 5.32 Å². The fourth-order valence-corrected chi connectivity index (χ4v) is 1.36. The number of urea groups is 1. The molecule has 0 spiro atoms. The monoisotopic (exact) mass is 308 g/mol. The van der Waals surface area contributed by atoms with E-state index in [1.165, 1.54) is 18.3 Å². The van der Waals surface area contributed by atoms with Gasteiger partial charge in [0.25, 0.3) is 0 Å². The average molecular weight is 308 g/mol. The van der Waals surface area contributed by atoms with Crippen LogP contribution in [0.2, 0.25) is 0 Å². The van der Waals surface area contributed by atoms with E-state index in [0.717, 1.165) is 12.1 Å². The van der Waals surface area contributed by atoms with Crippen molar-refractivity contribution >= 4 is 17.7 Å². The maximum atomic E-state index is 13.0. The fourth-order valence-electron chi connectivity index (χ4n) is 1.36. The zero-order valence-corrected chi connectivity index (χ0v) is 11.0. The van der Waals surface area contributed by atoms with E-state index >= 15 is 0 Å². The molecule has 0 radical (unpaired) electrons. The summed E-state index contributed by atoms with van der Waals surface area (Å²) in [6.07, 6.45) is -5.20. The van der Waals surface area contributed by atoms with Gasteiger partial charge in [-0.25, -0.2) is 14.0 Å². The molecule has 116 valence electrons. The summed E-state index contributed by atoms with van der Waals surface area (Å²) in [4.78, 5) is 22.3. The van der Waals surface area contributed by atoms with E-state index in [-0.39, 0.29) is 5.69 Å². The molecular formula is C12H12F4N2O3. The minimum absolute atomic E-state index is 0.0672. The first-order valence-corrected chi connectivity index (χ1v) is 5.63. The van der Waals surface area contributed by atoms with Crippen molar-refractivity contribution in [2.75, 3.05) is 5.32 Å². The van der Waals surface area contributed by atoms with Gasteiger partial charge in [0, 0.05) is 5.69 Å². The van der Waals surface area contributed by atoms with Crippen molar-refractivity contribution in [3.63, 3.8) is 0 Å². The first-order valence-electron chi connectivity index (χ1n) is 5.63. The standard InChI is InChI=1S/C12H12F4N2O3/c1-6-3-4-7(13)5-8(6)17-10(21)18-11(2,9(19)20)12(14,15)16/h3-5H,1-2H3,(H,19,20)(H2,17,18,21). The first-order chi connectivity index (χ1) is 9.47. The maximum absolute atomic E-state index is 13.0. The van der Waals surface area contributed by atoms with Crippen LogP contribution in [0.4, 0.5) is 28.0 Å². The molecule has 0 aliphatic rings. The Hall–Kier alpha value is -2.32. The molecule has 21 heavy (non-hydrogen) atoms. The maximum Gasteiger partial charge on any atom is 0.422 e. The van der Waals surface area contributed by atoms with Crippen LogP contribution in [-0.2, 0) is 4.79 Å². The van der Waals surface area contributed by atoms with Gasteiger partial charge >= 0.3 is 18.2 Å². The molecule has 1 rings (SSSR count). The lowest BCUT2D eigenvalue weighted by molar-refractivity contribution is -0.203. The van der Waals surface area contributed by atoms with Crippen LogP contribution in [0.3, 0.4) is 0 Å². The summed E-state index contributed by atoms with van der Waals surface area (Å²) < 4.78 is 51.1. The Kier molecular flexibility index (Phi) is 4.45. The van der Waals surface area contributed by atoms with Gasteiger partial charge in [-0.3, -0.25) is 0 Å². The molecule has 0 fully saturated rings. The van der Waals surface area contributed by atoms with E-state index in [2.05, 4.69) is 0 Å². The summed E-state index contributed by atoms with van der Waals surface area (Å²) in [5, 5.41) is 12.0. The third-order valence-electron chi connectivity index (χ3n) is 2.81. The Morgan fingerprint density at radius 3 is 2.29 bits per heavy atom. The van der Waals surface area contributed by atoms with Crippen molar-refractivity contribution in [3.05, 3.63) is 29.6 Å². The Bertz CT molecular complexity index is 574. The van der Waals surface area contributed by atoms with E-state index in [1.54, 1.807) is 0 Å². The third-order valence-corrected chi connectivity index (χ3v) is 2.81. The number of amides is 2. The number of aliphatic carboxylic acids is 1. The summed E-state index contributed by atoms with van der Waals surface area (Å²) in [7, 11) is 0. The predicted molar refractivity (Wildman–Crippen MR) is 65.4 cm³/mol. The van der Waals surface area contributed by atoms with Crippen molar-refractivity contribution in [2.45, 2.75) is 25.6 Å². The van der Waals surface area contributed by atoms with Crippen LogP contribution in [0.15, 0.2) is 18.2 Å². The molecule has 9 heteroatoms. The highest BCUT2D eigenvalue weighted by Crippen LogP contribution is 2.30. The quantitative estimate of drug-likeness (QED) is 0.751. The van der Waals surface area contributed by atoms with Crippen LogP contribution in [0, 0.1) is 12.7 Å². The van der Waals surface area contributed by atoms with E-state index in [9.17, 15) is 27.2 Å². The highest BCUT2D eigenvalue weighted by molar-refractivity contribution is 5.94. The number of halogens is 4. The number of rotatable bonds is 3. The Balaban J connectivity index is 2.95. The molecule has 0 saturated heterocycles. The van der Waals surface area contributed by atoms with Gasteiger partial charge in [0.2, 0.25) is 5.54 Å². The van der Waals surface area contributed by atoms with Crippen molar-refractivity contribution in [1.29, 1.82) is 0 Å². The number of hydrogen-bond donors (Lipinski definition) is 3. The van der Waals surface area contributed by atoms with Gasteiger partial charge in [-0.15, -0.1) is 0 Å². The van der Waals surface area contributed by atoms with Gasteiger partial charge in [0.05, 0.1) is 0 Å². The van der Waals surface area contributed by atoms with E-state index in [0.29, 0.717) is 12.5 Å². The van der Waals surface area contributed by atoms with Crippen LogP contribution in [0.25, 0.3) is 0 Å². The molecule has 0 aliphatic heterocycles. The molecule has 0 saturated carbocycles. The molecule has 0 aromatic heterocycles. The van der Waals surface area contributed by atoms with Gasteiger partial charge in [0.15, 0.2) is 0 Å². The van der Waals surface area contributed by atoms with Gasteiger partial charge in [-0.05, 0) is 31.5 Å². The molecule has 1 unspecified atom stereocenters. The predicted octanol–water partition coefficient (Wildman–Crippen LogP) is 2.66. The summed E-state index contributed by atoms with van der Waals surface area (Å²) in [6, 6.07) is 1.91. The van der Waals surface area contributed by atoms with Gasteiger partial charge in [-0.1, -0.05) is 6.07 Å². The molecule has 2 amide bonds. The topological polar surface area (TPSA) is 78.4 Å². The van der Waals surface area contributed by atoms with E-state index in [4.69, 9.17) is 5.11 Å². The molecule has 0 bridgehead atoms. The molecule has 1 aromatic rings. The van der Waals surface area contributed by atoms with Gasteiger partial charge in [0.1, 0.15) is 5.82 Å². The lowest BCUT2D eigenvalue weighted by Crippen LogP contribution is -2.62. The number of carbonyl (C=O) groups is 2. The summed E-state index contributed by atoms with van der Waals surface area (Å²) >= 11 is 0. The van der Waals surface area contributed by atoms with Crippen LogP contribution in [0.5, 0.6) is 0 Å². The van der Waals surface area contributed by atoms with Crippen LogP contribution in [0.1, 0.15) is 12.5 Å². The minimum atomic E-state index is -5.20. The van der Waals surface area contributed by atoms with E-state index < -0.39 is 29.5 Å². The number of anilines is 1. The fraction of sp³-hybridized carbons (Fsp3) is 0.333. The van der Waals surface area contributed by atoms with Crippen molar-refractivity contribution < 1.29 is 32.3 Å². The average Bonchev–Trinajstić information content (AvgIpc) is 2.32. The Labute approximate surface area is 117 Å². The highest BCUT2D eigenvalue weighted by Gasteiger charge is 2.58. The number of benzene rings is 1. The molecule has 0 aliphatic carbocycles. The lowest BCUT2D eigenvalue weighted by atomic mass is 10.0. The number of carboxylic acids is 1. The molecule has 3 N–H and O–H groups in total. The lowest BCUT2D eigenvalue weighted by Gasteiger charge is -2.28. The molecular weight excluding hydrogens is 296 g/mol. The zero-order chi connectivity index (χ0) is 16.4. The second-order valence-corrected chi connectivity index (χ2v) is 4.47. The molecule has 1 atom stereocenters. The normalized spacial score (nSPS) is 14.2. The molecule has 5 nitrogen and oxygen atoms in total. The zero-order valence-electron chi connectivity index (χ0n) is 11.0. The number of nitrogens with one attached hydrogen (secondary N) is 2. The van der Waals surface area contributed by atoms with Crippen molar-refractivity contribution in [2.24, 2.45) is 0 Å². The number of aryl methyl sites for hydroxylation is 1. The third kappa shape index (κ3) is 3.61. The highest BCUT2D eigenvalue weighted by atomic mass is 19.4.